The van der Waals surface area contributed by atoms with Crippen molar-refractivity contribution in [2.75, 3.05) is 0 Å². The number of rotatable bonds is 6. The summed E-state index contributed by atoms with van der Waals surface area (Å²) in [5.41, 5.74) is 7.73. The van der Waals surface area contributed by atoms with Gasteiger partial charge in [0.1, 0.15) is 6.67 Å². The van der Waals surface area contributed by atoms with Crippen LogP contribution in [0.25, 0.3) is 54.9 Å². The number of halogens is 6. The first-order valence-corrected chi connectivity index (χ1v) is 15.6. The maximum atomic E-state index is 13.4. The van der Waals surface area contributed by atoms with Gasteiger partial charge in [0.2, 0.25) is 0 Å². The zero-order chi connectivity index (χ0) is 29.4. The van der Waals surface area contributed by atoms with Gasteiger partial charge in [0.25, 0.3) is 0 Å². The highest BCUT2D eigenvalue weighted by Crippen LogP contribution is 2.47. The van der Waals surface area contributed by atoms with E-state index < -0.39 is 18.4 Å². The van der Waals surface area contributed by atoms with Crippen LogP contribution in [0.4, 0.5) is 17.6 Å². The third-order valence-corrected chi connectivity index (χ3v) is 8.89. The second-order valence-corrected chi connectivity index (χ2v) is 11.3. The average Bonchev–Trinajstić information content (AvgIpc) is 3.02. The Morgan fingerprint density at radius 1 is 0.548 bits per heavy atom. The fourth-order valence-electron chi connectivity index (χ4n) is 5.76. The molecule has 6 aromatic rings. The van der Waals surface area contributed by atoms with Crippen LogP contribution in [0, 0.1) is 0 Å². The molecule has 0 aliphatic carbocycles. The molecule has 210 valence electrons. The first-order valence-electron chi connectivity index (χ1n) is 13.4. The molecular weight excluding hydrogens is 668 g/mol. The van der Waals surface area contributed by atoms with Crippen LogP contribution in [0.2, 0.25) is 0 Å². The smallest absolute Gasteiger partial charge is 0.246 e. The number of fused-ring (bicyclic) bond motifs is 2. The van der Waals surface area contributed by atoms with E-state index in [4.69, 9.17) is 0 Å². The SMILES string of the molecule is FCc1ccc(-c2cc3ccccc3c(-c3c(CBr)c(-c4ccc(C(F)(F)F)cc4)cc4ccccc34)c2CBr)cc1. The van der Waals surface area contributed by atoms with Crippen LogP contribution >= 0.6 is 31.9 Å². The minimum atomic E-state index is -4.40. The Morgan fingerprint density at radius 2 is 0.976 bits per heavy atom. The number of hydrogen-bond acceptors (Lipinski definition) is 0. The summed E-state index contributed by atoms with van der Waals surface area (Å²) in [4.78, 5) is 0. The van der Waals surface area contributed by atoms with Crippen molar-refractivity contribution >= 4 is 53.4 Å². The van der Waals surface area contributed by atoms with E-state index >= 15 is 0 Å². The van der Waals surface area contributed by atoms with Gasteiger partial charge in [-0.15, -0.1) is 0 Å². The lowest BCUT2D eigenvalue weighted by Gasteiger charge is -2.23. The van der Waals surface area contributed by atoms with Crippen LogP contribution in [0.5, 0.6) is 0 Å². The summed E-state index contributed by atoms with van der Waals surface area (Å²) in [6, 6.07) is 33.5. The highest BCUT2D eigenvalue weighted by molar-refractivity contribution is 9.08. The second-order valence-electron chi connectivity index (χ2n) is 10.2. The van der Waals surface area contributed by atoms with E-state index in [1.807, 2.05) is 54.6 Å². The molecule has 0 saturated heterocycles. The van der Waals surface area contributed by atoms with Gasteiger partial charge < -0.3 is 0 Å². The summed E-state index contributed by atoms with van der Waals surface area (Å²) in [6.07, 6.45) is -4.40. The standard InChI is InChI=1S/C36H24Br2F4/c37-19-32-30(23-11-9-22(21-39)10-12-23)17-25-5-1-3-7-28(25)34(32)35-29-8-4-2-6-26(29)18-31(33(35)20-38)24-13-15-27(16-14-24)36(40,41)42/h1-18H,19-21H2. The molecule has 0 fully saturated rings. The third kappa shape index (κ3) is 5.16. The third-order valence-electron chi connectivity index (χ3n) is 7.77. The van der Waals surface area contributed by atoms with Crippen molar-refractivity contribution in [3.63, 3.8) is 0 Å². The summed E-state index contributed by atoms with van der Waals surface area (Å²) >= 11 is 7.54. The van der Waals surface area contributed by atoms with Crippen molar-refractivity contribution in [1.82, 2.24) is 0 Å². The Hall–Kier alpha value is -3.48. The van der Waals surface area contributed by atoms with Gasteiger partial charge in [-0.2, -0.15) is 13.2 Å². The Morgan fingerprint density at radius 3 is 1.38 bits per heavy atom. The number of benzene rings is 6. The van der Waals surface area contributed by atoms with E-state index in [0.29, 0.717) is 21.8 Å². The summed E-state index contributed by atoms with van der Waals surface area (Å²) in [7, 11) is 0. The molecule has 0 atom stereocenters. The van der Waals surface area contributed by atoms with Crippen molar-refractivity contribution in [3.8, 4) is 33.4 Å². The van der Waals surface area contributed by atoms with E-state index in [1.54, 1.807) is 12.1 Å². The molecule has 0 unspecified atom stereocenters. The summed E-state index contributed by atoms with van der Waals surface area (Å²) < 4.78 is 53.5. The van der Waals surface area contributed by atoms with Crippen molar-refractivity contribution < 1.29 is 17.6 Å². The van der Waals surface area contributed by atoms with Gasteiger partial charge in [-0.1, -0.05) is 117 Å². The minimum Gasteiger partial charge on any atom is -0.246 e. The van der Waals surface area contributed by atoms with Gasteiger partial charge >= 0.3 is 6.18 Å². The molecule has 6 rings (SSSR count). The van der Waals surface area contributed by atoms with Crippen molar-refractivity contribution in [1.29, 1.82) is 0 Å². The van der Waals surface area contributed by atoms with Crippen LogP contribution in [0.1, 0.15) is 22.3 Å². The second kappa shape index (κ2) is 11.7. The van der Waals surface area contributed by atoms with Gasteiger partial charge in [-0.05, 0) is 95.9 Å². The summed E-state index contributed by atoms with van der Waals surface area (Å²) in [6.45, 7) is -0.522. The Bertz CT molecular complexity index is 1910. The van der Waals surface area contributed by atoms with Crippen molar-refractivity contribution in [2.45, 2.75) is 23.5 Å². The van der Waals surface area contributed by atoms with Crippen molar-refractivity contribution in [2.24, 2.45) is 0 Å². The Balaban J connectivity index is 1.72. The molecular formula is C36H24Br2F4. The fourth-order valence-corrected chi connectivity index (χ4v) is 6.92. The molecule has 0 spiro atoms. The minimum absolute atomic E-state index is 0.495. The normalized spacial score (nSPS) is 11.9. The highest BCUT2D eigenvalue weighted by Gasteiger charge is 2.30. The molecule has 0 nitrogen and oxygen atoms in total. The largest absolute Gasteiger partial charge is 0.416 e. The topological polar surface area (TPSA) is 0 Å². The van der Waals surface area contributed by atoms with Gasteiger partial charge in [0, 0.05) is 10.7 Å². The molecule has 0 aromatic heterocycles. The highest BCUT2D eigenvalue weighted by atomic mass is 79.9. The molecule has 0 aliphatic heterocycles. The molecule has 0 radical (unpaired) electrons. The van der Waals surface area contributed by atoms with Crippen LogP contribution < -0.4 is 0 Å². The number of hydrogen-bond donors (Lipinski definition) is 0. The predicted octanol–water partition coefficient (Wildman–Crippen LogP) is 12.3. The predicted molar refractivity (Wildman–Crippen MR) is 173 cm³/mol. The van der Waals surface area contributed by atoms with Crippen molar-refractivity contribution in [3.05, 3.63) is 131 Å². The molecule has 0 heterocycles. The summed E-state index contributed by atoms with van der Waals surface area (Å²) in [5.74, 6) is 0. The average molecular weight is 692 g/mol. The van der Waals surface area contributed by atoms with E-state index in [-0.39, 0.29) is 0 Å². The Labute approximate surface area is 258 Å². The molecule has 0 aliphatic rings. The lowest BCUT2D eigenvalue weighted by molar-refractivity contribution is -0.137. The zero-order valence-corrected chi connectivity index (χ0v) is 25.5. The first-order chi connectivity index (χ1) is 20.3. The Kier molecular flexibility index (Phi) is 7.95. The molecule has 42 heavy (non-hydrogen) atoms. The molecule has 0 N–H and O–H groups in total. The van der Waals surface area contributed by atoms with Gasteiger partial charge in [0.15, 0.2) is 0 Å². The molecule has 6 aromatic carbocycles. The monoisotopic (exact) mass is 690 g/mol. The maximum Gasteiger partial charge on any atom is 0.416 e. The maximum absolute atomic E-state index is 13.4. The van der Waals surface area contributed by atoms with Crippen LogP contribution in [0.3, 0.4) is 0 Å². The van der Waals surface area contributed by atoms with E-state index in [1.165, 1.54) is 0 Å². The van der Waals surface area contributed by atoms with Gasteiger partial charge in [0.05, 0.1) is 5.56 Å². The quantitative estimate of drug-likeness (QED) is 0.120. The van der Waals surface area contributed by atoms with Crippen LogP contribution in [-0.4, -0.2) is 0 Å². The lowest BCUT2D eigenvalue weighted by Crippen LogP contribution is -2.04. The zero-order valence-electron chi connectivity index (χ0n) is 22.3. The number of alkyl halides is 6. The van der Waals surface area contributed by atoms with Gasteiger partial charge in [-0.25, -0.2) is 4.39 Å². The van der Waals surface area contributed by atoms with Crippen LogP contribution in [-0.2, 0) is 23.5 Å². The lowest BCUT2D eigenvalue weighted by atomic mass is 9.82. The first kappa shape index (κ1) is 28.6. The van der Waals surface area contributed by atoms with Gasteiger partial charge in [-0.3, -0.25) is 0 Å². The molecule has 6 heteroatoms. The molecule has 0 amide bonds. The van der Waals surface area contributed by atoms with Crippen LogP contribution in [0.15, 0.2) is 109 Å². The fraction of sp³-hybridized carbons (Fsp3) is 0.111. The molecule has 0 saturated carbocycles. The molecule has 0 bridgehead atoms. The van der Waals surface area contributed by atoms with E-state index in [0.717, 1.165) is 72.6 Å². The van der Waals surface area contributed by atoms with E-state index in [2.05, 4.69) is 62.2 Å². The van der Waals surface area contributed by atoms with E-state index in [9.17, 15) is 17.6 Å². The summed E-state index contributed by atoms with van der Waals surface area (Å²) in [5, 5.41) is 5.25.